The molecule has 0 amide bonds. The van der Waals surface area contributed by atoms with Crippen LogP contribution < -0.4 is 15.8 Å². The Morgan fingerprint density at radius 3 is 2.79 bits per heavy atom. The van der Waals surface area contributed by atoms with E-state index < -0.39 is 0 Å². The number of nitrogens with zero attached hydrogens (tertiary/aromatic N) is 1. The molecule has 5 nitrogen and oxygen atoms in total. The molecule has 3 aromatic rings. The molecular formula is C17H14BrN3O2S. The summed E-state index contributed by atoms with van der Waals surface area (Å²) in [7, 11) is 1.61. The van der Waals surface area contributed by atoms with Gasteiger partial charge >= 0.3 is 0 Å². The summed E-state index contributed by atoms with van der Waals surface area (Å²) in [6, 6.07) is 14.6. The van der Waals surface area contributed by atoms with Crippen molar-refractivity contribution < 1.29 is 9.53 Å². The number of rotatable bonds is 5. The van der Waals surface area contributed by atoms with E-state index in [0.717, 1.165) is 15.9 Å². The van der Waals surface area contributed by atoms with Gasteiger partial charge in [0.05, 0.1) is 7.11 Å². The molecule has 0 unspecified atom stereocenters. The summed E-state index contributed by atoms with van der Waals surface area (Å²) in [5.74, 6) is 0.801. The minimum Gasteiger partial charge on any atom is -0.497 e. The van der Waals surface area contributed by atoms with Crippen molar-refractivity contribution >= 4 is 49.7 Å². The number of carbonyl (C=O) groups is 1. The van der Waals surface area contributed by atoms with Gasteiger partial charge in [-0.2, -0.15) is 0 Å². The molecule has 2 aromatic carbocycles. The summed E-state index contributed by atoms with van der Waals surface area (Å²) < 4.78 is 6.03. The van der Waals surface area contributed by atoms with Crippen LogP contribution in [0.4, 0.5) is 16.6 Å². The second kappa shape index (κ2) is 7.02. The molecule has 0 saturated carbocycles. The van der Waals surface area contributed by atoms with E-state index in [9.17, 15) is 4.79 Å². The number of hydrogen-bond donors (Lipinski definition) is 2. The fraction of sp³-hybridized carbons (Fsp3) is 0.0588. The van der Waals surface area contributed by atoms with Crippen molar-refractivity contribution in [2.45, 2.75) is 0 Å². The van der Waals surface area contributed by atoms with Gasteiger partial charge in [0.2, 0.25) is 5.78 Å². The van der Waals surface area contributed by atoms with Gasteiger partial charge in [-0.15, -0.1) is 0 Å². The van der Waals surface area contributed by atoms with E-state index in [2.05, 4.69) is 26.2 Å². The van der Waals surface area contributed by atoms with Crippen LogP contribution in [-0.4, -0.2) is 17.9 Å². The molecule has 122 valence electrons. The van der Waals surface area contributed by atoms with Crippen LogP contribution in [0.25, 0.3) is 0 Å². The molecule has 7 heteroatoms. The van der Waals surface area contributed by atoms with Crippen LogP contribution in [0.15, 0.2) is 53.0 Å². The van der Waals surface area contributed by atoms with E-state index in [1.54, 1.807) is 19.2 Å². The van der Waals surface area contributed by atoms with E-state index in [1.165, 1.54) is 11.3 Å². The lowest BCUT2D eigenvalue weighted by Crippen LogP contribution is -2.02. The van der Waals surface area contributed by atoms with Crippen LogP contribution in [0.1, 0.15) is 15.2 Å². The highest BCUT2D eigenvalue weighted by atomic mass is 79.9. The normalized spacial score (nSPS) is 10.4. The van der Waals surface area contributed by atoms with Crippen LogP contribution in [0.5, 0.6) is 5.75 Å². The zero-order valence-corrected chi connectivity index (χ0v) is 15.1. The van der Waals surface area contributed by atoms with E-state index in [0.29, 0.717) is 15.6 Å². The Morgan fingerprint density at radius 2 is 2.04 bits per heavy atom. The molecule has 24 heavy (non-hydrogen) atoms. The summed E-state index contributed by atoms with van der Waals surface area (Å²) in [4.78, 5) is 17.3. The average Bonchev–Trinajstić information content (AvgIpc) is 2.94. The third kappa shape index (κ3) is 3.58. The molecule has 0 aliphatic heterocycles. The Hall–Kier alpha value is -2.38. The number of hydrogen-bond acceptors (Lipinski definition) is 6. The fourth-order valence-electron chi connectivity index (χ4n) is 2.13. The third-order valence-corrected chi connectivity index (χ3v) is 4.75. The van der Waals surface area contributed by atoms with Gasteiger partial charge in [0.15, 0.2) is 5.13 Å². The van der Waals surface area contributed by atoms with Crippen LogP contribution in [0, 0.1) is 0 Å². The number of ether oxygens (including phenoxy) is 1. The van der Waals surface area contributed by atoms with Crippen LogP contribution >= 0.6 is 27.3 Å². The van der Waals surface area contributed by atoms with E-state index in [1.807, 2.05) is 36.4 Å². The molecule has 0 saturated heterocycles. The maximum Gasteiger partial charge on any atom is 0.206 e. The van der Waals surface area contributed by atoms with E-state index in [-0.39, 0.29) is 11.6 Å². The standard InChI is InChI=1S/C17H14BrN3O2S/c1-23-13-7-3-6-12(9-13)20-17-21-16(19)15(24-17)14(22)10-4-2-5-11(18)8-10/h2-9H,19H2,1H3,(H,20,21). The Morgan fingerprint density at radius 1 is 1.25 bits per heavy atom. The molecule has 1 heterocycles. The number of benzene rings is 2. The minimum absolute atomic E-state index is 0.148. The summed E-state index contributed by atoms with van der Waals surface area (Å²) in [6.07, 6.45) is 0. The zero-order chi connectivity index (χ0) is 17.1. The van der Waals surface area contributed by atoms with Gasteiger partial charge in [0.1, 0.15) is 16.4 Å². The third-order valence-electron chi connectivity index (χ3n) is 3.27. The first-order valence-corrected chi connectivity index (χ1v) is 8.65. The summed E-state index contributed by atoms with van der Waals surface area (Å²) >= 11 is 4.59. The number of halogens is 1. The molecule has 0 radical (unpaired) electrons. The molecule has 0 aliphatic carbocycles. The maximum absolute atomic E-state index is 12.6. The van der Waals surface area contributed by atoms with Crippen molar-refractivity contribution in [1.82, 2.24) is 4.98 Å². The van der Waals surface area contributed by atoms with Crippen LogP contribution in [-0.2, 0) is 0 Å². The summed E-state index contributed by atoms with van der Waals surface area (Å²) in [6.45, 7) is 0. The Labute approximate surface area is 151 Å². The van der Waals surface area contributed by atoms with Crippen molar-refractivity contribution in [3.63, 3.8) is 0 Å². The lowest BCUT2D eigenvalue weighted by Gasteiger charge is -2.04. The first-order chi connectivity index (χ1) is 11.6. The highest BCUT2D eigenvalue weighted by Gasteiger charge is 2.18. The van der Waals surface area contributed by atoms with Crippen LogP contribution in [0.2, 0.25) is 0 Å². The summed E-state index contributed by atoms with van der Waals surface area (Å²) in [5.41, 5.74) is 7.30. The predicted octanol–water partition coefficient (Wildman–Crippen LogP) is 4.47. The Bertz CT molecular complexity index is 895. The number of aromatic nitrogens is 1. The molecule has 0 aliphatic rings. The number of carbonyl (C=O) groups excluding carboxylic acids is 1. The lowest BCUT2D eigenvalue weighted by molar-refractivity contribution is 0.104. The quantitative estimate of drug-likeness (QED) is 0.614. The number of nitrogens with one attached hydrogen (secondary N) is 1. The number of ketones is 1. The minimum atomic E-state index is -0.148. The van der Waals surface area contributed by atoms with Crippen molar-refractivity contribution in [2.24, 2.45) is 0 Å². The second-order valence-corrected chi connectivity index (χ2v) is 6.84. The fourth-order valence-corrected chi connectivity index (χ4v) is 3.40. The van der Waals surface area contributed by atoms with Gasteiger partial charge in [-0.3, -0.25) is 4.79 Å². The number of nitrogen functional groups attached to an aromatic ring is 1. The SMILES string of the molecule is COc1cccc(Nc2nc(N)c(C(=O)c3cccc(Br)c3)s2)c1. The number of methoxy groups -OCH3 is 1. The van der Waals surface area contributed by atoms with Gasteiger partial charge in [-0.05, 0) is 24.3 Å². The molecule has 0 fully saturated rings. The molecule has 0 bridgehead atoms. The predicted molar refractivity (Wildman–Crippen MR) is 100 cm³/mol. The summed E-state index contributed by atoms with van der Waals surface area (Å²) in [5, 5.41) is 3.70. The number of thiazole rings is 1. The first-order valence-electron chi connectivity index (χ1n) is 7.04. The molecule has 0 spiro atoms. The van der Waals surface area contributed by atoms with Gasteiger partial charge in [0, 0.05) is 21.8 Å². The Kier molecular flexibility index (Phi) is 4.82. The smallest absolute Gasteiger partial charge is 0.206 e. The Balaban J connectivity index is 1.86. The monoisotopic (exact) mass is 403 g/mol. The number of nitrogens with two attached hydrogens (primary N) is 1. The van der Waals surface area contributed by atoms with Gasteiger partial charge in [-0.1, -0.05) is 45.5 Å². The van der Waals surface area contributed by atoms with Crippen molar-refractivity contribution in [3.8, 4) is 5.75 Å². The second-order valence-electron chi connectivity index (χ2n) is 4.93. The van der Waals surface area contributed by atoms with Crippen molar-refractivity contribution in [2.75, 3.05) is 18.2 Å². The van der Waals surface area contributed by atoms with Crippen molar-refractivity contribution in [1.29, 1.82) is 0 Å². The van der Waals surface area contributed by atoms with E-state index >= 15 is 0 Å². The van der Waals surface area contributed by atoms with Gasteiger partial charge in [-0.25, -0.2) is 4.98 Å². The lowest BCUT2D eigenvalue weighted by atomic mass is 10.1. The first kappa shape index (κ1) is 16.5. The highest BCUT2D eigenvalue weighted by molar-refractivity contribution is 9.10. The topological polar surface area (TPSA) is 77.2 Å². The maximum atomic E-state index is 12.6. The van der Waals surface area contributed by atoms with Crippen LogP contribution in [0.3, 0.4) is 0 Å². The molecule has 1 aromatic heterocycles. The van der Waals surface area contributed by atoms with Gasteiger partial charge < -0.3 is 15.8 Å². The van der Waals surface area contributed by atoms with Crippen molar-refractivity contribution in [3.05, 3.63) is 63.4 Å². The van der Waals surface area contributed by atoms with Gasteiger partial charge in [0.25, 0.3) is 0 Å². The molecule has 0 atom stereocenters. The number of anilines is 3. The molecular weight excluding hydrogens is 390 g/mol. The zero-order valence-electron chi connectivity index (χ0n) is 12.7. The highest BCUT2D eigenvalue weighted by Crippen LogP contribution is 2.31. The van der Waals surface area contributed by atoms with E-state index in [4.69, 9.17) is 10.5 Å². The molecule has 3 rings (SSSR count). The average molecular weight is 404 g/mol. The largest absolute Gasteiger partial charge is 0.497 e. The molecule has 3 N–H and O–H groups in total.